The average Bonchev–Trinajstić information content (AvgIpc) is 2.41. The second kappa shape index (κ2) is 6.51. The summed E-state index contributed by atoms with van der Waals surface area (Å²) in [7, 11) is 1.87. The highest BCUT2D eigenvalue weighted by Gasteiger charge is 2.43. The molecule has 0 amide bonds. The van der Waals surface area contributed by atoms with Crippen LogP contribution in [0.25, 0.3) is 0 Å². The van der Waals surface area contributed by atoms with Gasteiger partial charge in [-0.2, -0.15) is 0 Å². The van der Waals surface area contributed by atoms with Crippen molar-refractivity contribution < 1.29 is 14.4 Å². The van der Waals surface area contributed by atoms with E-state index in [2.05, 4.69) is 21.2 Å². The number of nitro benzene ring substituents is 1. The van der Waals surface area contributed by atoms with Crippen LogP contribution >= 0.6 is 15.9 Å². The zero-order valence-corrected chi connectivity index (χ0v) is 12.9. The van der Waals surface area contributed by atoms with E-state index in [0.717, 1.165) is 6.42 Å². The smallest absolute Gasteiger partial charge is 0.312 e. The number of nitro groups is 1. The van der Waals surface area contributed by atoms with Gasteiger partial charge in [0.2, 0.25) is 0 Å². The third-order valence-electron chi connectivity index (χ3n) is 3.38. The summed E-state index contributed by atoms with van der Waals surface area (Å²) < 4.78 is 12.0. The zero-order chi connectivity index (χ0) is 14.7. The van der Waals surface area contributed by atoms with Gasteiger partial charge >= 0.3 is 5.69 Å². The van der Waals surface area contributed by atoms with Gasteiger partial charge in [0.05, 0.1) is 4.92 Å². The van der Waals surface area contributed by atoms with Crippen LogP contribution < -0.4 is 10.1 Å². The molecule has 1 aliphatic rings. The van der Waals surface area contributed by atoms with E-state index in [1.807, 2.05) is 14.0 Å². The molecule has 1 aliphatic carbocycles. The Morgan fingerprint density at radius 2 is 2.30 bits per heavy atom. The van der Waals surface area contributed by atoms with Crippen LogP contribution in [0.15, 0.2) is 22.7 Å². The Bertz CT molecular complexity index is 497. The molecule has 1 aromatic carbocycles. The van der Waals surface area contributed by atoms with E-state index in [0.29, 0.717) is 11.1 Å². The number of hydrogen-bond acceptors (Lipinski definition) is 5. The first-order valence-corrected chi connectivity index (χ1v) is 7.25. The summed E-state index contributed by atoms with van der Waals surface area (Å²) in [6.07, 6.45) is 0.537. The van der Waals surface area contributed by atoms with Crippen LogP contribution in [0.2, 0.25) is 0 Å². The van der Waals surface area contributed by atoms with Gasteiger partial charge in [-0.1, -0.05) is 15.9 Å². The minimum Gasteiger partial charge on any atom is -0.481 e. The number of rotatable bonds is 6. The normalized spacial score (nSPS) is 25.1. The molecule has 0 aromatic heterocycles. The van der Waals surface area contributed by atoms with Crippen LogP contribution in [0.1, 0.15) is 13.3 Å². The highest BCUT2D eigenvalue weighted by atomic mass is 79.9. The van der Waals surface area contributed by atoms with Gasteiger partial charge in [-0.3, -0.25) is 10.1 Å². The molecule has 1 saturated carbocycles. The van der Waals surface area contributed by atoms with Crippen molar-refractivity contribution in [1.82, 2.24) is 5.32 Å². The standard InChI is InChI=1S/C13H17BrN2O4/c1-3-19-13-9(15-2)7-12(13)20-11-5-4-8(14)6-10(11)16(17)18/h4-6,9,12-13,15H,3,7H2,1-2H3. The summed E-state index contributed by atoms with van der Waals surface area (Å²) in [6, 6.07) is 5.01. The third kappa shape index (κ3) is 3.11. The van der Waals surface area contributed by atoms with E-state index in [-0.39, 0.29) is 29.7 Å². The van der Waals surface area contributed by atoms with Gasteiger partial charge in [0.25, 0.3) is 0 Å². The lowest BCUT2D eigenvalue weighted by Gasteiger charge is -2.43. The minimum absolute atomic E-state index is 0.0393. The molecule has 1 N–H and O–H groups in total. The molecule has 3 atom stereocenters. The molecule has 110 valence electrons. The van der Waals surface area contributed by atoms with Crippen LogP contribution in [0.4, 0.5) is 5.69 Å². The summed E-state index contributed by atoms with van der Waals surface area (Å²) in [5.41, 5.74) is -0.0393. The Balaban J connectivity index is 2.12. The molecule has 0 heterocycles. The van der Waals surface area contributed by atoms with Gasteiger partial charge in [-0.25, -0.2) is 0 Å². The Morgan fingerprint density at radius 1 is 1.55 bits per heavy atom. The Hall–Kier alpha value is -1.18. The Morgan fingerprint density at radius 3 is 2.90 bits per heavy atom. The molecule has 0 bridgehead atoms. The van der Waals surface area contributed by atoms with Crippen LogP contribution in [0.5, 0.6) is 5.75 Å². The van der Waals surface area contributed by atoms with Crippen molar-refractivity contribution >= 4 is 21.6 Å². The van der Waals surface area contributed by atoms with Crippen molar-refractivity contribution in [3.05, 3.63) is 32.8 Å². The Kier molecular flexibility index (Phi) is 4.95. The van der Waals surface area contributed by atoms with Gasteiger partial charge in [0.1, 0.15) is 12.2 Å². The van der Waals surface area contributed by atoms with Gasteiger partial charge in [-0.05, 0) is 26.1 Å². The van der Waals surface area contributed by atoms with E-state index in [1.54, 1.807) is 12.1 Å². The van der Waals surface area contributed by atoms with Crippen LogP contribution in [-0.2, 0) is 4.74 Å². The minimum atomic E-state index is -0.440. The van der Waals surface area contributed by atoms with Crippen molar-refractivity contribution in [2.75, 3.05) is 13.7 Å². The van der Waals surface area contributed by atoms with Crippen molar-refractivity contribution in [3.8, 4) is 5.75 Å². The van der Waals surface area contributed by atoms with Gasteiger partial charge in [0, 0.05) is 29.6 Å². The Labute approximate surface area is 125 Å². The number of ether oxygens (including phenoxy) is 2. The first kappa shape index (κ1) is 15.2. The van der Waals surface area contributed by atoms with E-state index >= 15 is 0 Å². The number of likely N-dealkylation sites (N-methyl/N-ethyl adjacent to an activating group) is 1. The number of nitrogens with one attached hydrogen (secondary N) is 1. The van der Waals surface area contributed by atoms with Crippen molar-refractivity contribution in [2.45, 2.75) is 31.6 Å². The maximum absolute atomic E-state index is 11.1. The molecule has 2 rings (SSSR count). The lowest BCUT2D eigenvalue weighted by Crippen LogP contribution is -2.60. The number of nitrogens with zero attached hydrogens (tertiary/aromatic N) is 1. The van der Waals surface area contributed by atoms with Gasteiger partial charge < -0.3 is 14.8 Å². The molecule has 1 fully saturated rings. The number of hydrogen-bond donors (Lipinski definition) is 1. The fourth-order valence-electron chi connectivity index (χ4n) is 2.29. The fourth-order valence-corrected chi connectivity index (χ4v) is 2.64. The first-order valence-electron chi connectivity index (χ1n) is 6.46. The van der Waals surface area contributed by atoms with Crippen LogP contribution in [-0.4, -0.2) is 36.8 Å². The summed E-state index contributed by atoms with van der Waals surface area (Å²) in [5, 5.41) is 14.2. The molecule has 3 unspecified atom stereocenters. The summed E-state index contributed by atoms with van der Waals surface area (Å²) in [4.78, 5) is 10.6. The fraction of sp³-hybridized carbons (Fsp3) is 0.538. The summed E-state index contributed by atoms with van der Waals surface area (Å²) >= 11 is 3.22. The number of halogens is 1. The molecular formula is C13H17BrN2O4. The third-order valence-corrected chi connectivity index (χ3v) is 3.87. The van der Waals surface area contributed by atoms with E-state index in [4.69, 9.17) is 9.47 Å². The predicted molar refractivity (Wildman–Crippen MR) is 78.1 cm³/mol. The van der Waals surface area contributed by atoms with Crippen molar-refractivity contribution in [2.24, 2.45) is 0 Å². The van der Waals surface area contributed by atoms with Gasteiger partial charge in [0.15, 0.2) is 5.75 Å². The second-order valence-electron chi connectivity index (χ2n) is 4.58. The molecule has 7 heteroatoms. The molecule has 0 saturated heterocycles. The molecule has 0 radical (unpaired) electrons. The van der Waals surface area contributed by atoms with Crippen molar-refractivity contribution in [1.29, 1.82) is 0 Å². The van der Waals surface area contributed by atoms with Crippen LogP contribution in [0, 0.1) is 10.1 Å². The first-order chi connectivity index (χ1) is 9.56. The molecular weight excluding hydrogens is 328 g/mol. The van der Waals surface area contributed by atoms with E-state index in [1.165, 1.54) is 6.07 Å². The topological polar surface area (TPSA) is 73.6 Å². The summed E-state index contributed by atoms with van der Waals surface area (Å²) in [6.45, 7) is 2.51. The zero-order valence-electron chi connectivity index (χ0n) is 11.3. The monoisotopic (exact) mass is 344 g/mol. The molecule has 0 spiro atoms. The highest BCUT2D eigenvalue weighted by molar-refractivity contribution is 9.10. The van der Waals surface area contributed by atoms with Gasteiger partial charge in [-0.15, -0.1) is 0 Å². The second-order valence-corrected chi connectivity index (χ2v) is 5.49. The van der Waals surface area contributed by atoms with E-state index in [9.17, 15) is 10.1 Å². The van der Waals surface area contributed by atoms with Crippen LogP contribution in [0.3, 0.4) is 0 Å². The average molecular weight is 345 g/mol. The molecule has 0 aliphatic heterocycles. The highest BCUT2D eigenvalue weighted by Crippen LogP contribution is 2.35. The quantitative estimate of drug-likeness (QED) is 0.633. The van der Waals surface area contributed by atoms with Crippen molar-refractivity contribution in [3.63, 3.8) is 0 Å². The molecule has 20 heavy (non-hydrogen) atoms. The van der Waals surface area contributed by atoms with E-state index < -0.39 is 4.92 Å². The predicted octanol–water partition coefficient (Wildman–Crippen LogP) is 2.50. The molecule has 6 nitrogen and oxygen atoms in total. The maximum atomic E-state index is 11.1. The lowest BCUT2D eigenvalue weighted by atomic mass is 9.85. The maximum Gasteiger partial charge on any atom is 0.312 e. The number of benzene rings is 1. The lowest BCUT2D eigenvalue weighted by molar-refractivity contribution is -0.386. The molecule has 1 aromatic rings. The largest absolute Gasteiger partial charge is 0.481 e. The SMILES string of the molecule is CCOC1C(NC)CC1Oc1ccc(Br)cc1[N+](=O)[O-]. The summed E-state index contributed by atoms with van der Waals surface area (Å²) in [5.74, 6) is 0.280.